The van der Waals surface area contributed by atoms with E-state index in [9.17, 15) is 0 Å². The van der Waals surface area contributed by atoms with E-state index in [2.05, 4.69) is 72.7 Å². The summed E-state index contributed by atoms with van der Waals surface area (Å²) in [6.45, 7) is 6.03. The van der Waals surface area contributed by atoms with Crippen LogP contribution in [-0.4, -0.2) is 31.2 Å². The lowest BCUT2D eigenvalue weighted by atomic mass is 10.0. The molecule has 1 heterocycles. The topological polar surface area (TPSA) is 40.2 Å². The molecule has 0 unspecified atom stereocenters. The SMILES string of the molecule is CN(C)c1ccc(CNC(C)(C)CNc2ccnc3cc(Cl)ccc23)cc1. The molecule has 0 radical (unpaired) electrons. The molecule has 0 bridgehead atoms. The van der Waals surface area contributed by atoms with Crippen LogP contribution in [0.4, 0.5) is 11.4 Å². The smallest absolute Gasteiger partial charge is 0.0737 e. The summed E-state index contributed by atoms with van der Waals surface area (Å²) in [6.07, 6.45) is 1.81. The van der Waals surface area contributed by atoms with Gasteiger partial charge in [-0.3, -0.25) is 4.98 Å². The molecule has 27 heavy (non-hydrogen) atoms. The highest BCUT2D eigenvalue weighted by molar-refractivity contribution is 6.31. The maximum absolute atomic E-state index is 6.07. The second-order valence-electron chi connectivity index (χ2n) is 7.67. The van der Waals surface area contributed by atoms with Crippen LogP contribution in [0.1, 0.15) is 19.4 Å². The predicted octanol–water partition coefficient (Wildman–Crippen LogP) is 4.93. The van der Waals surface area contributed by atoms with Gasteiger partial charge in [0.05, 0.1) is 5.52 Å². The number of fused-ring (bicyclic) bond motifs is 1. The Morgan fingerprint density at radius 1 is 1.04 bits per heavy atom. The fourth-order valence-corrected chi connectivity index (χ4v) is 3.07. The van der Waals surface area contributed by atoms with Crippen molar-refractivity contribution in [3.63, 3.8) is 0 Å². The van der Waals surface area contributed by atoms with Crippen molar-refractivity contribution >= 4 is 33.9 Å². The summed E-state index contributed by atoms with van der Waals surface area (Å²) in [5.74, 6) is 0. The molecule has 142 valence electrons. The number of nitrogens with one attached hydrogen (secondary N) is 2. The van der Waals surface area contributed by atoms with Gasteiger partial charge in [-0.2, -0.15) is 0 Å². The van der Waals surface area contributed by atoms with Crippen molar-refractivity contribution in [1.82, 2.24) is 10.3 Å². The molecule has 5 heteroatoms. The minimum atomic E-state index is -0.0672. The minimum Gasteiger partial charge on any atom is -0.383 e. The Labute approximate surface area is 166 Å². The Balaban J connectivity index is 1.61. The van der Waals surface area contributed by atoms with Gasteiger partial charge in [-0.25, -0.2) is 0 Å². The third-order valence-corrected chi connectivity index (χ3v) is 4.88. The Hall–Kier alpha value is -2.30. The molecular formula is C22H27ClN4. The maximum atomic E-state index is 6.07. The zero-order valence-corrected chi connectivity index (χ0v) is 17.1. The first-order chi connectivity index (χ1) is 12.8. The number of pyridine rings is 1. The van der Waals surface area contributed by atoms with E-state index in [1.165, 1.54) is 11.3 Å². The summed E-state index contributed by atoms with van der Waals surface area (Å²) < 4.78 is 0. The van der Waals surface area contributed by atoms with E-state index in [4.69, 9.17) is 11.6 Å². The van der Waals surface area contributed by atoms with Gasteiger partial charge >= 0.3 is 0 Å². The molecule has 3 aromatic rings. The lowest BCUT2D eigenvalue weighted by molar-refractivity contribution is 0.407. The van der Waals surface area contributed by atoms with Crippen LogP contribution in [0, 0.1) is 0 Å². The van der Waals surface area contributed by atoms with Gasteiger partial charge in [-0.05, 0) is 55.8 Å². The molecule has 0 spiro atoms. The highest BCUT2D eigenvalue weighted by Gasteiger charge is 2.17. The van der Waals surface area contributed by atoms with E-state index in [0.717, 1.165) is 29.7 Å². The van der Waals surface area contributed by atoms with Crippen molar-refractivity contribution in [1.29, 1.82) is 0 Å². The van der Waals surface area contributed by atoms with Crippen LogP contribution in [0.25, 0.3) is 10.9 Å². The molecule has 0 saturated heterocycles. The summed E-state index contributed by atoms with van der Waals surface area (Å²) in [6, 6.07) is 16.5. The van der Waals surface area contributed by atoms with Crippen LogP contribution in [0.2, 0.25) is 5.02 Å². The summed E-state index contributed by atoms with van der Waals surface area (Å²) in [5.41, 5.74) is 4.39. The van der Waals surface area contributed by atoms with Crippen molar-refractivity contribution < 1.29 is 0 Å². The Bertz CT molecular complexity index is 904. The Kier molecular flexibility index (Phi) is 5.88. The fraction of sp³-hybridized carbons (Fsp3) is 0.318. The number of rotatable bonds is 7. The molecule has 0 aliphatic heterocycles. The molecule has 2 aromatic carbocycles. The molecule has 0 fully saturated rings. The van der Waals surface area contributed by atoms with Gasteiger partial charge in [0.15, 0.2) is 0 Å². The zero-order valence-electron chi connectivity index (χ0n) is 16.4. The van der Waals surface area contributed by atoms with Crippen LogP contribution in [0.3, 0.4) is 0 Å². The van der Waals surface area contributed by atoms with E-state index in [-0.39, 0.29) is 5.54 Å². The molecule has 0 saturated carbocycles. The molecule has 2 N–H and O–H groups in total. The lowest BCUT2D eigenvalue weighted by Crippen LogP contribution is -2.44. The quantitative estimate of drug-likeness (QED) is 0.607. The highest BCUT2D eigenvalue weighted by atomic mass is 35.5. The van der Waals surface area contributed by atoms with Gasteiger partial charge < -0.3 is 15.5 Å². The van der Waals surface area contributed by atoms with Crippen molar-refractivity contribution in [3.8, 4) is 0 Å². The first-order valence-corrected chi connectivity index (χ1v) is 9.51. The first-order valence-electron chi connectivity index (χ1n) is 9.13. The summed E-state index contributed by atoms with van der Waals surface area (Å²) in [5, 5.41) is 8.98. The lowest BCUT2D eigenvalue weighted by Gasteiger charge is -2.28. The van der Waals surface area contributed by atoms with Crippen molar-refractivity contribution in [2.24, 2.45) is 0 Å². The standard InChI is InChI=1S/C22H27ClN4/c1-22(2,26-14-16-5-8-18(9-6-16)27(3)4)15-25-20-11-12-24-21-13-17(23)7-10-19(20)21/h5-13,26H,14-15H2,1-4H3,(H,24,25). The normalized spacial score (nSPS) is 11.6. The highest BCUT2D eigenvalue weighted by Crippen LogP contribution is 2.24. The Morgan fingerprint density at radius 3 is 2.48 bits per heavy atom. The van der Waals surface area contributed by atoms with Gasteiger partial charge in [0, 0.05) is 60.7 Å². The molecule has 0 aliphatic carbocycles. The largest absolute Gasteiger partial charge is 0.383 e. The van der Waals surface area contributed by atoms with Crippen LogP contribution < -0.4 is 15.5 Å². The summed E-state index contributed by atoms with van der Waals surface area (Å²) in [7, 11) is 4.11. The van der Waals surface area contributed by atoms with Gasteiger partial charge in [0.25, 0.3) is 0 Å². The van der Waals surface area contributed by atoms with Gasteiger partial charge in [-0.1, -0.05) is 23.7 Å². The molecule has 0 aliphatic rings. The van der Waals surface area contributed by atoms with Gasteiger partial charge in [0.2, 0.25) is 0 Å². The first kappa shape index (κ1) is 19.5. The van der Waals surface area contributed by atoms with E-state index in [1.807, 2.05) is 30.5 Å². The van der Waals surface area contributed by atoms with Crippen molar-refractivity contribution in [2.45, 2.75) is 25.9 Å². The minimum absolute atomic E-state index is 0.0672. The van der Waals surface area contributed by atoms with Gasteiger partial charge in [-0.15, -0.1) is 0 Å². The van der Waals surface area contributed by atoms with E-state index < -0.39 is 0 Å². The van der Waals surface area contributed by atoms with Crippen LogP contribution >= 0.6 is 11.6 Å². The predicted molar refractivity (Wildman–Crippen MR) is 117 cm³/mol. The second-order valence-corrected chi connectivity index (χ2v) is 8.11. The van der Waals surface area contributed by atoms with Crippen LogP contribution in [0.15, 0.2) is 54.7 Å². The number of anilines is 2. The summed E-state index contributed by atoms with van der Waals surface area (Å²) >= 11 is 6.07. The molecule has 1 aromatic heterocycles. The number of hydrogen-bond acceptors (Lipinski definition) is 4. The zero-order chi connectivity index (χ0) is 19.4. The average Bonchev–Trinajstić information content (AvgIpc) is 2.65. The van der Waals surface area contributed by atoms with E-state index in [0.29, 0.717) is 5.02 Å². The maximum Gasteiger partial charge on any atom is 0.0737 e. The number of halogens is 1. The van der Waals surface area contributed by atoms with Crippen LogP contribution in [0.5, 0.6) is 0 Å². The number of benzene rings is 2. The Morgan fingerprint density at radius 2 is 1.78 bits per heavy atom. The third-order valence-electron chi connectivity index (χ3n) is 4.65. The second kappa shape index (κ2) is 8.15. The molecule has 3 rings (SSSR count). The van der Waals surface area contributed by atoms with E-state index >= 15 is 0 Å². The number of nitrogens with zero attached hydrogens (tertiary/aromatic N) is 2. The molecule has 0 amide bonds. The van der Waals surface area contributed by atoms with Crippen molar-refractivity contribution in [2.75, 3.05) is 30.9 Å². The van der Waals surface area contributed by atoms with E-state index in [1.54, 1.807) is 0 Å². The molecular weight excluding hydrogens is 356 g/mol. The number of hydrogen-bond donors (Lipinski definition) is 2. The average molecular weight is 383 g/mol. The fourth-order valence-electron chi connectivity index (χ4n) is 2.91. The monoisotopic (exact) mass is 382 g/mol. The number of aromatic nitrogens is 1. The molecule has 4 nitrogen and oxygen atoms in total. The van der Waals surface area contributed by atoms with Crippen molar-refractivity contribution in [3.05, 3.63) is 65.3 Å². The van der Waals surface area contributed by atoms with Gasteiger partial charge in [0.1, 0.15) is 0 Å². The third kappa shape index (κ3) is 5.12. The summed E-state index contributed by atoms with van der Waals surface area (Å²) in [4.78, 5) is 6.51. The molecule has 0 atom stereocenters. The van der Waals surface area contributed by atoms with Crippen LogP contribution in [-0.2, 0) is 6.54 Å².